The molecule has 0 aliphatic rings. The molecule has 0 fully saturated rings. The van der Waals surface area contributed by atoms with Crippen LogP contribution in [0.4, 0.5) is 0 Å². The molecule has 0 saturated carbocycles. The van der Waals surface area contributed by atoms with Gasteiger partial charge in [-0.2, -0.15) is 0 Å². The lowest BCUT2D eigenvalue weighted by molar-refractivity contribution is 0.553. The summed E-state index contributed by atoms with van der Waals surface area (Å²) in [6.45, 7) is 4.81. The van der Waals surface area contributed by atoms with Crippen molar-refractivity contribution in [2.75, 3.05) is 6.54 Å². The maximum absolute atomic E-state index is 4.18. The molecule has 3 aromatic rings. The van der Waals surface area contributed by atoms with Crippen molar-refractivity contribution in [3.05, 3.63) is 46.2 Å². The average Bonchev–Trinajstić information content (AvgIpc) is 3.02. The third-order valence-electron chi connectivity index (χ3n) is 3.17. The van der Waals surface area contributed by atoms with Crippen molar-refractivity contribution in [3.8, 4) is 0 Å². The average molecular weight is 272 g/mol. The van der Waals surface area contributed by atoms with Gasteiger partial charge in [0.2, 0.25) is 0 Å². The minimum absolute atomic E-state index is 0.838. The fraction of sp³-hybridized carbons (Fsp3) is 0.286. The zero-order chi connectivity index (χ0) is 13.1. The summed E-state index contributed by atoms with van der Waals surface area (Å²) in [6, 6.07) is 10.2. The zero-order valence-corrected chi connectivity index (χ0v) is 11.7. The number of benzene rings is 1. The van der Waals surface area contributed by atoms with Gasteiger partial charge in [-0.25, -0.2) is 4.68 Å². The molecule has 98 valence electrons. The van der Waals surface area contributed by atoms with Crippen molar-refractivity contribution in [2.45, 2.75) is 20.0 Å². The second-order valence-corrected chi connectivity index (χ2v) is 5.51. The van der Waals surface area contributed by atoms with E-state index in [0.717, 1.165) is 30.7 Å². The summed E-state index contributed by atoms with van der Waals surface area (Å²) in [5.41, 5.74) is 3.41. The second-order valence-electron chi connectivity index (χ2n) is 4.50. The topological polar surface area (TPSA) is 42.7 Å². The number of thiophene rings is 1. The van der Waals surface area contributed by atoms with Gasteiger partial charge in [0.05, 0.1) is 12.1 Å². The summed E-state index contributed by atoms with van der Waals surface area (Å²) in [6.07, 6.45) is 0. The van der Waals surface area contributed by atoms with Gasteiger partial charge in [0.15, 0.2) is 0 Å². The molecular weight excluding hydrogens is 256 g/mol. The van der Waals surface area contributed by atoms with Crippen molar-refractivity contribution < 1.29 is 0 Å². The normalized spacial score (nSPS) is 11.2. The van der Waals surface area contributed by atoms with E-state index in [2.05, 4.69) is 40.1 Å². The Hall–Kier alpha value is -1.72. The van der Waals surface area contributed by atoms with Gasteiger partial charge in [0, 0.05) is 18.0 Å². The molecular formula is C14H16N4S. The Morgan fingerprint density at radius 3 is 3.00 bits per heavy atom. The number of hydrogen-bond donors (Lipinski definition) is 1. The molecule has 19 heavy (non-hydrogen) atoms. The van der Waals surface area contributed by atoms with Crippen LogP contribution in [0.1, 0.15) is 10.4 Å². The highest BCUT2D eigenvalue weighted by Gasteiger charge is 2.03. The number of rotatable bonds is 5. The van der Waals surface area contributed by atoms with Crippen LogP contribution in [0.3, 0.4) is 0 Å². The van der Waals surface area contributed by atoms with E-state index in [1.165, 1.54) is 10.4 Å². The predicted octanol–water partition coefficient (Wildman–Crippen LogP) is 2.59. The maximum Gasteiger partial charge on any atom is 0.113 e. The third kappa shape index (κ3) is 2.67. The Kier molecular flexibility index (Phi) is 3.57. The highest BCUT2D eigenvalue weighted by Crippen LogP contribution is 2.14. The van der Waals surface area contributed by atoms with E-state index < -0.39 is 0 Å². The Morgan fingerprint density at radius 1 is 1.26 bits per heavy atom. The number of aryl methyl sites for hydroxylation is 1. The van der Waals surface area contributed by atoms with Crippen LogP contribution in [0, 0.1) is 6.92 Å². The first kappa shape index (κ1) is 12.3. The SMILES string of the molecule is Cc1ccsc1CNCCn1nnc2ccccc21. The van der Waals surface area contributed by atoms with E-state index in [4.69, 9.17) is 0 Å². The van der Waals surface area contributed by atoms with Crippen LogP contribution in [0.2, 0.25) is 0 Å². The zero-order valence-electron chi connectivity index (χ0n) is 10.8. The van der Waals surface area contributed by atoms with Crippen LogP contribution in [-0.2, 0) is 13.1 Å². The molecule has 2 heterocycles. The molecule has 0 saturated heterocycles. The number of nitrogens with zero attached hydrogens (tertiary/aromatic N) is 3. The molecule has 1 aromatic carbocycles. The van der Waals surface area contributed by atoms with Gasteiger partial charge < -0.3 is 5.32 Å². The quantitative estimate of drug-likeness (QED) is 0.726. The second kappa shape index (κ2) is 5.50. The van der Waals surface area contributed by atoms with Crippen molar-refractivity contribution in [1.82, 2.24) is 20.3 Å². The molecule has 0 spiro atoms. The van der Waals surface area contributed by atoms with E-state index in [1.807, 2.05) is 22.9 Å². The lowest BCUT2D eigenvalue weighted by Crippen LogP contribution is -2.20. The van der Waals surface area contributed by atoms with Gasteiger partial charge in [0.1, 0.15) is 5.52 Å². The Balaban J connectivity index is 1.57. The molecule has 0 aliphatic carbocycles. The van der Waals surface area contributed by atoms with Crippen molar-refractivity contribution >= 4 is 22.4 Å². The first-order chi connectivity index (χ1) is 9.34. The molecule has 0 atom stereocenters. The Morgan fingerprint density at radius 2 is 2.16 bits per heavy atom. The predicted molar refractivity (Wildman–Crippen MR) is 78.3 cm³/mol. The van der Waals surface area contributed by atoms with Crippen LogP contribution < -0.4 is 5.32 Å². The summed E-state index contributed by atoms with van der Waals surface area (Å²) < 4.78 is 1.95. The summed E-state index contributed by atoms with van der Waals surface area (Å²) in [5, 5.41) is 13.9. The monoisotopic (exact) mass is 272 g/mol. The maximum atomic E-state index is 4.18. The van der Waals surface area contributed by atoms with Crippen LogP contribution in [0.15, 0.2) is 35.7 Å². The molecule has 3 rings (SSSR count). The van der Waals surface area contributed by atoms with Gasteiger partial charge >= 0.3 is 0 Å². The van der Waals surface area contributed by atoms with E-state index in [0.29, 0.717) is 0 Å². The van der Waals surface area contributed by atoms with Gasteiger partial charge in [-0.15, -0.1) is 16.4 Å². The molecule has 4 nitrogen and oxygen atoms in total. The summed E-state index contributed by atoms with van der Waals surface area (Å²) >= 11 is 1.80. The molecule has 0 aliphatic heterocycles. The van der Waals surface area contributed by atoms with Crippen molar-refractivity contribution in [2.24, 2.45) is 0 Å². The summed E-state index contributed by atoms with van der Waals surface area (Å²) in [4.78, 5) is 1.41. The van der Waals surface area contributed by atoms with Crippen molar-refractivity contribution in [3.63, 3.8) is 0 Å². The number of nitrogens with one attached hydrogen (secondary N) is 1. The van der Waals surface area contributed by atoms with Gasteiger partial charge in [-0.3, -0.25) is 0 Å². The molecule has 0 radical (unpaired) electrons. The van der Waals surface area contributed by atoms with E-state index in [1.54, 1.807) is 11.3 Å². The highest BCUT2D eigenvalue weighted by molar-refractivity contribution is 7.10. The van der Waals surface area contributed by atoms with Crippen molar-refractivity contribution in [1.29, 1.82) is 0 Å². The van der Waals surface area contributed by atoms with Gasteiger partial charge in [-0.05, 0) is 36.1 Å². The van der Waals surface area contributed by atoms with E-state index in [9.17, 15) is 0 Å². The number of hydrogen-bond acceptors (Lipinski definition) is 4. The number of fused-ring (bicyclic) bond motifs is 1. The van der Waals surface area contributed by atoms with Crippen LogP contribution in [0.5, 0.6) is 0 Å². The number of para-hydroxylation sites is 1. The molecule has 2 aromatic heterocycles. The fourth-order valence-corrected chi connectivity index (χ4v) is 2.93. The minimum Gasteiger partial charge on any atom is -0.310 e. The lowest BCUT2D eigenvalue weighted by Gasteiger charge is -2.05. The molecule has 5 heteroatoms. The summed E-state index contributed by atoms with van der Waals surface area (Å²) in [5.74, 6) is 0. The third-order valence-corrected chi connectivity index (χ3v) is 4.20. The molecule has 0 amide bonds. The Labute approximate surface area is 116 Å². The van der Waals surface area contributed by atoms with Crippen LogP contribution in [0.25, 0.3) is 11.0 Å². The molecule has 1 N–H and O–H groups in total. The smallest absolute Gasteiger partial charge is 0.113 e. The van der Waals surface area contributed by atoms with Gasteiger partial charge in [-0.1, -0.05) is 17.3 Å². The fourth-order valence-electron chi connectivity index (χ4n) is 2.05. The molecule has 0 bridgehead atoms. The molecule has 0 unspecified atom stereocenters. The Bertz CT molecular complexity index is 671. The summed E-state index contributed by atoms with van der Waals surface area (Å²) in [7, 11) is 0. The highest BCUT2D eigenvalue weighted by atomic mass is 32.1. The first-order valence-corrected chi connectivity index (χ1v) is 7.24. The van der Waals surface area contributed by atoms with Crippen LogP contribution in [-0.4, -0.2) is 21.5 Å². The van der Waals surface area contributed by atoms with E-state index >= 15 is 0 Å². The lowest BCUT2D eigenvalue weighted by atomic mass is 10.3. The minimum atomic E-state index is 0.838. The standard InChI is InChI=1S/C14H16N4S/c1-11-6-9-19-14(11)10-15-7-8-18-13-5-3-2-4-12(13)16-17-18/h2-6,9,15H,7-8,10H2,1H3. The largest absolute Gasteiger partial charge is 0.310 e. The van der Waals surface area contributed by atoms with E-state index in [-0.39, 0.29) is 0 Å². The van der Waals surface area contributed by atoms with Crippen LogP contribution >= 0.6 is 11.3 Å². The first-order valence-electron chi connectivity index (χ1n) is 6.36. The number of aromatic nitrogens is 3. The van der Waals surface area contributed by atoms with Gasteiger partial charge in [0.25, 0.3) is 0 Å².